The summed E-state index contributed by atoms with van der Waals surface area (Å²) < 4.78 is 0. The lowest BCUT2D eigenvalue weighted by molar-refractivity contribution is -0.116. The molecule has 1 aromatic heterocycles. The Morgan fingerprint density at radius 1 is 1.35 bits per heavy atom. The molecule has 0 aromatic carbocycles. The van der Waals surface area contributed by atoms with Gasteiger partial charge in [-0.1, -0.05) is 6.07 Å². The summed E-state index contributed by atoms with van der Waals surface area (Å²) in [5, 5.41) is 6.03. The normalized spacial score (nSPS) is 11.3. The molecule has 0 aliphatic carbocycles. The summed E-state index contributed by atoms with van der Waals surface area (Å²) >= 11 is 0. The van der Waals surface area contributed by atoms with E-state index < -0.39 is 0 Å². The van der Waals surface area contributed by atoms with Gasteiger partial charge in [-0.25, -0.2) is 4.98 Å². The summed E-state index contributed by atoms with van der Waals surface area (Å²) in [6.45, 7) is 8.86. The maximum absolute atomic E-state index is 11.6. The summed E-state index contributed by atoms with van der Waals surface area (Å²) in [4.78, 5) is 15.7. The van der Waals surface area contributed by atoms with Crippen LogP contribution >= 0.6 is 0 Å². The van der Waals surface area contributed by atoms with Crippen molar-refractivity contribution in [3.8, 4) is 0 Å². The van der Waals surface area contributed by atoms with Gasteiger partial charge in [0, 0.05) is 24.7 Å². The highest BCUT2D eigenvalue weighted by Crippen LogP contribution is 2.04. The van der Waals surface area contributed by atoms with Crippen molar-refractivity contribution in [2.24, 2.45) is 0 Å². The van der Waals surface area contributed by atoms with E-state index in [2.05, 4.69) is 36.4 Å². The molecule has 0 fully saturated rings. The van der Waals surface area contributed by atoms with Crippen molar-refractivity contribution in [2.45, 2.75) is 39.7 Å². The van der Waals surface area contributed by atoms with Crippen molar-refractivity contribution in [3.63, 3.8) is 0 Å². The molecular formula is C13H21N3O. The second-order valence-corrected chi connectivity index (χ2v) is 5.20. The van der Waals surface area contributed by atoms with E-state index in [1.165, 1.54) is 0 Å². The summed E-state index contributed by atoms with van der Waals surface area (Å²) in [6, 6.07) is 3.74. The van der Waals surface area contributed by atoms with E-state index in [9.17, 15) is 4.79 Å². The maximum Gasteiger partial charge on any atom is 0.226 e. The first kappa shape index (κ1) is 13.6. The summed E-state index contributed by atoms with van der Waals surface area (Å²) in [7, 11) is 0. The number of nitrogens with zero attached hydrogens (tertiary/aromatic N) is 1. The predicted octanol–water partition coefficient (Wildman–Crippen LogP) is 2.11. The molecule has 0 atom stereocenters. The van der Waals surface area contributed by atoms with Gasteiger partial charge >= 0.3 is 0 Å². The van der Waals surface area contributed by atoms with Gasteiger partial charge in [0.25, 0.3) is 0 Å². The van der Waals surface area contributed by atoms with E-state index in [0.717, 1.165) is 5.56 Å². The number of hydrogen-bond acceptors (Lipinski definition) is 3. The molecule has 17 heavy (non-hydrogen) atoms. The number of carbonyl (C=O) groups is 1. The smallest absolute Gasteiger partial charge is 0.226 e. The third-order valence-corrected chi connectivity index (χ3v) is 2.19. The second kappa shape index (κ2) is 5.77. The number of amides is 1. The van der Waals surface area contributed by atoms with E-state index >= 15 is 0 Å². The Hall–Kier alpha value is -1.42. The molecule has 0 spiro atoms. The quantitative estimate of drug-likeness (QED) is 0.840. The fourth-order valence-electron chi connectivity index (χ4n) is 1.30. The number of rotatable bonds is 4. The van der Waals surface area contributed by atoms with Gasteiger partial charge in [0.1, 0.15) is 5.82 Å². The Kier molecular flexibility index (Phi) is 4.63. The van der Waals surface area contributed by atoms with Crippen molar-refractivity contribution in [2.75, 3.05) is 11.9 Å². The van der Waals surface area contributed by atoms with Crippen LogP contribution in [0.3, 0.4) is 0 Å². The molecule has 1 aromatic rings. The van der Waals surface area contributed by atoms with Crippen LogP contribution in [0.1, 0.15) is 32.8 Å². The number of pyridine rings is 1. The molecule has 94 valence electrons. The molecule has 4 heteroatoms. The molecule has 4 nitrogen and oxygen atoms in total. The molecule has 1 amide bonds. The first-order valence-corrected chi connectivity index (χ1v) is 5.84. The van der Waals surface area contributed by atoms with E-state index in [1.54, 1.807) is 6.20 Å². The number of nitrogens with one attached hydrogen (secondary N) is 2. The van der Waals surface area contributed by atoms with Crippen molar-refractivity contribution in [3.05, 3.63) is 23.9 Å². The number of hydrogen-bond donors (Lipinski definition) is 2. The molecular weight excluding hydrogens is 214 g/mol. The zero-order chi connectivity index (χ0) is 12.9. The maximum atomic E-state index is 11.6. The Bertz CT molecular complexity index is 365. The number of aromatic nitrogens is 1. The Morgan fingerprint density at radius 3 is 2.59 bits per heavy atom. The second-order valence-electron chi connectivity index (χ2n) is 5.20. The van der Waals surface area contributed by atoms with Crippen molar-refractivity contribution >= 4 is 11.7 Å². The number of carbonyl (C=O) groups excluding carboxylic acids is 1. The van der Waals surface area contributed by atoms with Crippen LogP contribution in [0.25, 0.3) is 0 Å². The van der Waals surface area contributed by atoms with Crippen LogP contribution in [0.5, 0.6) is 0 Å². The highest BCUT2D eigenvalue weighted by molar-refractivity contribution is 5.89. The summed E-state index contributed by atoms with van der Waals surface area (Å²) in [5.74, 6) is 0.592. The van der Waals surface area contributed by atoms with Gasteiger partial charge in [-0.15, -0.1) is 0 Å². The van der Waals surface area contributed by atoms with E-state index in [-0.39, 0.29) is 11.4 Å². The third kappa shape index (κ3) is 6.02. The lowest BCUT2D eigenvalue weighted by atomic mass is 10.1. The predicted molar refractivity (Wildman–Crippen MR) is 70.0 cm³/mol. The molecule has 0 saturated heterocycles. The minimum absolute atomic E-state index is 0.0156. The SMILES string of the molecule is Cc1ccc(NC(=O)CCNC(C)(C)C)nc1. The molecule has 0 aliphatic rings. The first-order valence-electron chi connectivity index (χ1n) is 5.84. The van der Waals surface area contributed by atoms with Crippen LogP contribution in [0, 0.1) is 6.92 Å². The van der Waals surface area contributed by atoms with E-state index in [0.29, 0.717) is 18.8 Å². The van der Waals surface area contributed by atoms with Crippen LogP contribution in [0.15, 0.2) is 18.3 Å². The third-order valence-electron chi connectivity index (χ3n) is 2.19. The summed E-state index contributed by atoms with van der Waals surface area (Å²) in [6.07, 6.45) is 2.19. The average molecular weight is 235 g/mol. The topological polar surface area (TPSA) is 54.0 Å². The first-order chi connectivity index (χ1) is 7.87. The number of aryl methyl sites for hydroxylation is 1. The standard InChI is InChI=1S/C13H21N3O/c1-10-5-6-11(14-9-10)16-12(17)7-8-15-13(2,3)4/h5-6,9,15H,7-8H2,1-4H3,(H,14,16,17). The number of anilines is 1. The highest BCUT2D eigenvalue weighted by atomic mass is 16.1. The van der Waals surface area contributed by atoms with Gasteiger partial charge in [0.2, 0.25) is 5.91 Å². The molecule has 1 rings (SSSR count). The average Bonchev–Trinajstić information content (AvgIpc) is 2.19. The van der Waals surface area contributed by atoms with Crippen LogP contribution in [-0.2, 0) is 4.79 Å². The minimum atomic E-state index is -0.0156. The zero-order valence-corrected chi connectivity index (χ0v) is 11.0. The Labute approximate surface area is 103 Å². The monoisotopic (exact) mass is 235 g/mol. The fourth-order valence-corrected chi connectivity index (χ4v) is 1.30. The molecule has 0 bridgehead atoms. The zero-order valence-electron chi connectivity index (χ0n) is 11.0. The lowest BCUT2D eigenvalue weighted by Gasteiger charge is -2.20. The molecule has 0 saturated carbocycles. The molecule has 0 unspecified atom stereocenters. The van der Waals surface area contributed by atoms with Crippen molar-refractivity contribution in [1.29, 1.82) is 0 Å². The van der Waals surface area contributed by atoms with Crippen LogP contribution in [0.2, 0.25) is 0 Å². The van der Waals surface area contributed by atoms with Gasteiger partial charge in [0.15, 0.2) is 0 Å². The van der Waals surface area contributed by atoms with E-state index in [1.807, 2.05) is 19.1 Å². The van der Waals surface area contributed by atoms with Gasteiger partial charge < -0.3 is 10.6 Å². The van der Waals surface area contributed by atoms with Gasteiger partial charge in [0.05, 0.1) is 0 Å². The molecule has 1 heterocycles. The highest BCUT2D eigenvalue weighted by Gasteiger charge is 2.09. The fraction of sp³-hybridized carbons (Fsp3) is 0.538. The summed E-state index contributed by atoms with van der Waals surface area (Å²) in [5.41, 5.74) is 1.12. The van der Waals surface area contributed by atoms with Crippen LogP contribution < -0.4 is 10.6 Å². The van der Waals surface area contributed by atoms with Gasteiger partial charge in [-0.2, -0.15) is 0 Å². The van der Waals surface area contributed by atoms with Crippen molar-refractivity contribution in [1.82, 2.24) is 10.3 Å². The van der Waals surface area contributed by atoms with Gasteiger partial charge in [-0.05, 0) is 39.3 Å². The molecule has 0 aliphatic heterocycles. The molecule has 2 N–H and O–H groups in total. The van der Waals surface area contributed by atoms with Crippen molar-refractivity contribution < 1.29 is 4.79 Å². The minimum Gasteiger partial charge on any atom is -0.312 e. The lowest BCUT2D eigenvalue weighted by Crippen LogP contribution is -2.37. The van der Waals surface area contributed by atoms with Gasteiger partial charge in [-0.3, -0.25) is 4.79 Å². The largest absolute Gasteiger partial charge is 0.312 e. The Balaban J connectivity index is 2.32. The van der Waals surface area contributed by atoms with Crippen LogP contribution in [-0.4, -0.2) is 23.0 Å². The van der Waals surface area contributed by atoms with E-state index in [4.69, 9.17) is 0 Å². The molecule has 0 radical (unpaired) electrons. The van der Waals surface area contributed by atoms with Crippen LogP contribution in [0.4, 0.5) is 5.82 Å². The Morgan fingerprint density at radius 2 is 2.06 bits per heavy atom.